The van der Waals surface area contributed by atoms with Crippen LogP contribution in [0.5, 0.6) is 0 Å². The molecular formula is C24H30N4O3. The highest BCUT2D eigenvalue weighted by molar-refractivity contribution is 6.01. The minimum atomic E-state index is -0.653. The highest BCUT2D eigenvalue weighted by Gasteiger charge is 2.25. The number of anilines is 2. The van der Waals surface area contributed by atoms with Gasteiger partial charge in [0.05, 0.1) is 0 Å². The zero-order valence-corrected chi connectivity index (χ0v) is 18.0. The lowest BCUT2D eigenvalue weighted by molar-refractivity contribution is -0.122. The number of primary amides is 1. The molecule has 1 heterocycles. The normalized spacial score (nSPS) is 15.4. The number of nitrogens with zero attached hydrogens (tertiary/aromatic N) is 1. The van der Waals surface area contributed by atoms with E-state index >= 15 is 0 Å². The minimum Gasteiger partial charge on any atom is -0.371 e. The van der Waals surface area contributed by atoms with Gasteiger partial charge in [0.15, 0.2) is 0 Å². The van der Waals surface area contributed by atoms with Crippen molar-refractivity contribution in [1.29, 1.82) is 0 Å². The number of rotatable bonds is 7. The molecule has 2 aromatic carbocycles. The molecule has 31 heavy (non-hydrogen) atoms. The summed E-state index contributed by atoms with van der Waals surface area (Å²) in [6, 6.07) is 15.8. The van der Waals surface area contributed by atoms with E-state index in [1.165, 1.54) is 0 Å². The van der Waals surface area contributed by atoms with E-state index < -0.39 is 6.04 Å². The van der Waals surface area contributed by atoms with Crippen molar-refractivity contribution < 1.29 is 14.4 Å². The fourth-order valence-corrected chi connectivity index (χ4v) is 3.75. The maximum atomic E-state index is 12.8. The number of piperidine rings is 1. The van der Waals surface area contributed by atoms with Crippen LogP contribution >= 0.6 is 0 Å². The number of hydrogen-bond donors (Lipinski definition) is 3. The molecule has 1 aliphatic rings. The van der Waals surface area contributed by atoms with Gasteiger partial charge in [0.1, 0.15) is 6.04 Å². The van der Waals surface area contributed by atoms with Crippen molar-refractivity contribution in [1.82, 2.24) is 5.32 Å². The minimum absolute atomic E-state index is 0.0473. The van der Waals surface area contributed by atoms with Gasteiger partial charge in [-0.3, -0.25) is 14.4 Å². The largest absolute Gasteiger partial charge is 0.371 e. The van der Waals surface area contributed by atoms with Crippen molar-refractivity contribution >= 4 is 29.1 Å². The molecule has 7 heteroatoms. The second-order valence-corrected chi connectivity index (χ2v) is 8.26. The average Bonchev–Trinajstić information content (AvgIpc) is 2.78. The molecule has 1 fully saturated rings. The van der Waals surface area contributed by atoms with Gasteiger partial charge in [-0.2, -0.15) is 0 Å². The molecule has 7 nitrogen and oxygen atoms in total. The quantitative estimate of drug-likeness (QED) is 0.638. The zero-order valence-electron chi connectivity index (χ0n) is 18.0. The van der Waals surface area contributed by atoms with Crippen LogP contribution in [-0.4, -0.2) is 36.9 Å². The van der Waals surface area contributed by atoms with E-state index in [0.29, 0.717) is 11.3 Å². The third-order valence-electron chi connectivity index (χ3n) is 5.67. The van der Waals surface area contributed by atoms with E-state index in [1.807, 2.05) is 44.2 Å². The molecule has 1 saturated heterocycles. The summed E-state index contributed by atoms with van der Waals surface area (Å²) in [5, 5.41) is 5.73. The maximum absolute atomic E-state index is 12.8. The van der Waals surface area contributed by atoms with Gasteiger partial charge in [-0.15, -0.1) is 0 Å². The summed E-state index contributed by atoms with van der Waals surface area (Å²) in [5.41, 5.74) is 7.63. The molecule has 0 aromatic heterocycles. The first-order chi connectivity index (χ1) is 14.8. The summed E-state index contributed by atoms with van der Waals surface area (Å²) in [5.74, 6) is -0.873. The Bertz CT molecular complexity index is 904. The van der Waals surface area contributed by atoms with E-state index in [0.717, 1.165) is 31.6 Å². The topological polar surface area (TPSA) is 105 Å². The molecule has 3 rings (SSSR count). The van der Waals surface area contributed by atoms with E-state index in [2.05, 4.69) is 15.5 Å². The lowest BCUT2D eigenvalue weighted by atomic mass is 9.96. The van der Waals surface area contributed by atoms with E-state index in [-0.39, 0.29) is 29.6 Å². The second kappa shape index (κ2) is 10.1. The average molecular weight is 423 g/mol. The molecule has 0 bridgehead atoms. The highest BCUT2D eigenvalue weighted by Crippen LogP contribution is 2.24. The van der Waals surface area contributed by atoms with Gasteiger partial charge < -0.3 is 21.3 Å². The first-order valence-electron chi connectivity index (χ1n) is 10.7. The first kappa shape index (κ1) is 22.3. The summed E-state index contributed by atoms with van der Waals surface area (Å²) >= 11 is 0. The van der Waals surface area contributed by atoms with Crippen molar-refractivity contribution in [2.24, 2.45) is 17.6 Å². The number of nitrogens with two attached hydrogens (primary N) is 1. The fourth-order valence-electron chi connectivity index (χ4n) is 3.75. The third kappa shape index (κ3) is 5.84. The maximum Gasteiger partial charge on any atom is 0.251 e. The number of carbonyl (C=O) groups is 3. The van der Waals surface area contributed by atoms with Gasteiger partial charge in [-0.05, 0) is 55.2 Å². The predicted molar refractivity (Wildman–Crippen MR) is 122 cm³/mol. The van der Waals surface area contributed by atoms with Gasteiger partial charge >= 0.3 is 0 Å². The van der Waals surface area contributed by atoms with E-state index in [1.54, 1.807) is 24.3 Å². The van der Waals surface area contributed by atoms with Crippen molar-refractivity contribution in [3.8, 4) is 0 Å². The molecule has 0 radical (unpaired) electrons. The fraction of sp³-hybridized carbons (Fsp3) is 0.375. The van der Waals surface area contributed by atoms with E-state index in [4.69, 9.17) is 5.73 Å². The number of carbonyl (C=O) groups excluding carboxylic acids is 3. The lowest BCUT2D eigenvalue weighted by Crippen LogP contribution is -2.47. The van der Waals surface area contributed by atoms with Crippen LogP contribution in [0.25, 0.3) is 0 Å². The number of hydrogen-bond acceptors (Lipinski definition) is 4. The second-order valence-electron chi connectivity index (χ2n) is 8.26. The summed E-state index contributed by atoms with van der Waals surface area (Å²) in [4.78, 5) is 38.8. The lowest BCUT2D eigenvalue weighted by Gasteiger charge is -2.32. The summed E-state index contributed by atoms with van der Waals surface area (Å²) in [6.45, 7) is 5.35. The molecule has 3 amide bonds. The Morgan fingerprint density at radius 2 is 1.58 bits per heavy atom. The molecule has 4 N–H and O–H groups in total. The van der Waals surface area contributed by atoms with Crippen LogP contribution in [0.15, 0.2) is 54.6 Å². The standard InChI is InChI=1S/C24H30N4O3/c1-16(2)21(27-23(30)18-6-4-3-5-7-18)24(31)26-19-8-10-20(11-9-19)28-14-12-17(13-15-28)22(25)29/h3-11,16-17,21H,12-15H2,1-2H3,(H2,25,29)(H,26,31)(H,27,30). The molecule has 164 valence electrons. The Morgan fingerprint density at radius 1 is 0.968 bits per heavy atom. The van der Waals surface area contributed by atoms with Gasteiger partial charge in [0, 0.05) is 35.9 Å². The molecular weight excluding hydrogens is 392 g/mol. The Kier molecular flexibility index (Phi) is 7.28. The number of benzene rings is 2. The summed E-state index contributed by atoms with van der Waals surface area (Å²) < 4.78 is 0. The van der Waals surface area contributed by atoms with Crippen molar-refractivity contribution in [3.05, 3.63) is 60.2 Å². The Labute approximate surface area is 183 Å². The third-order valence-corrected chi connectivity index (χ3v) is 5.67. The Morgan fingerprint density at radius 3 is 2.13 bits per heavy atom. The van der Waals surface area contributed by atoms with Gasteiger partial charge in [-0.25, -0.2) is 0 Å². The summed E-state index contributed by atoms with van der Waals surface area (Å²) in [6.07, 6.45) is 1.51. The van der Waals surface area contributed by atoms with Gasteiger partial charge in [0.2, 0.25) is 11.8 Å². The van der Waals surface area contributed by atoms with Crippen molar-refractivity contribution in [2.45, 2.75) is 32.7 Å². The Balaban J connectivity index is 1.59. The van der Waals surface area contributed by atoms with Gasteiger partial charge in [-0.1, -0.05) is 32.0 Å². The molecule has 1 atom stereocenters. The van der Waals surface area contributed by atoms with Crippen LogP contribution in [0.2, 0.25) is 0 Å². The van der Waals surface area contributed by atoms with E-state index in [9.17, 15) is 14.4 Å². The predicted octanol–water partition coefficient (Wildman–Crippen LogP) is 2.78. The molecule has 0 aliphatic carbocycles. The van der Waals surface area contributed by atoms with Crippen LogP contribution < -0.4 is 21.3 Å². The van der Waals surface area contributed by atoms with Crippen molar-refractivity contribution in [2.75, 3.05) is 23.3 Å². The molecule has 1 aliphatic heterocycles. The van der Waals surface area contributed by atoms with Crippen LogP contribution in [0.4, 0.5) is 11.4 Å². The van der Waals surface area contributed by atoms with Crippen LogP contribution in [-0.2, 0) is 9.59 Å². The van der Waals surface area contributed by atoms with Gasteiger partial charge in [0.25, 0.3) is 5.91 Å². The van der Waals surface area contributed by atoms with Crippen LogP contribution in [0.3, 0.4) is 0 Å². The molecule has 0 saturated carbocycles. The van der Waals surface area contributed by atoms with Crippen LogP contribution in [0.1, 0.15) is 37.0 Å². The highest BCUT2D eigenvalue weighted by atomic mass is 16.2. The summed E-state index contributed by atoms with van der Waals surface area (Å²) in [7, 11) is 0. The number of amides is 3. The molecule has 2 aromatic rings. The smallest absolute Gasteiger partial charge is 0.251 e. The number of nitrogens with one attached hydrogen (secondary N) is 2. The Hall–Kier alpha value is -3.35. The van der Waals surface area contributed by atoms with Crippen LogP contribution in [0, 0.1) is 11.8 Å². The molecule has 1 unspecified atom stereocenters. The molecule has 0 spiro atoms. The monoisotopic (exact) mass is 422 g/mol. The SMILES string of the molecule is CC(C)C(NC(=O)c1ccccc1)C(=O)Nc1ccc(N2CCC(C(N)=O)CC2)cc1. The first-order valence-corrected chi connectivity index (χ1v) is 10.7. The van der Waals surface area contributed by atoms with Crippen molar-refractivity contribution in [3.63, 3.8) is 0 Å². The zero-order chi connectivity index (χ0) is 22.4.